The second-order valence-electron chi connectivity index (χ2n) is 3.78. The lowest BCUT2D eigenvalue weighted by Gasteiger charge is -2.01. The van der Waals surface area contributed by atoms with Crippen molar-refractivity contribution in [3.8, 4) is 0 Å². The Morgan fingerprint density at radius 3 is 2.92 bits per heavy atom. The number of rotatable bonds is 4. The van der Waals surface area contributed by atoms with Gasteiger partial charge >= 0.3 is 0 Å². The zero-order valence-corrected chi connectivity index (χ0v) is 8.25. The van der Waals surface area contributed by atoms with Gasteiger partial charge in [0.05, 0.1) is 11.4 Å². The van der Waals surface area contributed by atoms with Crippen LogP contribution >= 0.6 is 0 Å². The van der Waals surface area contributed by atoms with Gasteiger partial charge in [0.1, 0.15) is 0 Å². The lowest BCUT2D eigenvalue weighted by molar-refractivity contribution is 0.532. The topological polar surface area (TPSA) is 42.7 Å². The van der Waals surface area contributed by atoms with E-state index in [-0.39, 0.29) is 0 Å². The van der Waals surface area contributed by atoms with Crippen LogP contribution in [0, 0.1) is 12.8 Å². The average Bonchev–Trinajstić information content (AvgIpc) is 2.86. The summed E-state index contributed by atoms with van der Waals surface area (Å²) in [6.07, 6.45) is 2.72. The normalized spacial score (nSPS) is 16.5. The Balaban J connectivity index is 2.07. The zero-order valence-electron chi connectivity index (χ0n) is 8.25. The lowest BCUT2D eigenvalue weighted by Crippen LogP contribution is -2.08. The van der Waals surface area contributed by atoms with Gasteiger partial charge in [-0.25, -0.2) is 4.68 Å². The fraction of sp³-hybridized carbons (Fsp3) is 0.778. The summed E-state index contributed by atoms with van der Waals surface area (Å²) in [5.41, 5.74) is 2.28. The first-order valence-electron chi connectivity index (χ1n) is 4.85. The van der Waals surface area contributed by atoms with Crippen molar-refractivity contribution < 1.29 is 0 Å². The van der Waals surface area contributed by atoms with Gasteiger partial charge < -0.3 is 5.32 Å². The van der Waals surface area contributed by atoms with Crippen molar-refractivity contribution in [2.75, 3.05) is 7.05 Å². The van der Waals surface area contributed by atoms with Crippen molar-refractivity contribution in [2.24, 2.45) is 5.92 Å². The lowest BCUT2D eigenvalue weighted by atomic mass is 10.3. The highest BCUT2D eigenvalue weighted by Crippen LogP contribution is 2.30. The van der Waals surface area contributed by atoms with Crippen molar-refractivity contribution in [3.63, 3.8) is 0 Å². The van der Waals surface area contributed by atoms with Crippen LogP contribution < -0.4 is 5.32 Å². The van der Waals surface area contributed by atoms with Gasteiger partial charge in [0.15, 0.2) is 0 Å². The largest absolute Gasteiger partial charge is 0.314 e. The molecule has 0 atom stereocenters. The third-order valence-electron chi connectivity index (χ3n) is 2.55. The van der Waals surface area contributed by atoms with Gasteiger partial charge in [0.2, 0.25) is 0 Å². The Morgan fingerprint density at radius 1 is 1.54 bits per heavy atom. The highest BCUT2D eigenvalue weighted by Gasteiger charge is 2.23. The molecule has 0 spiro atoms. The van der Waals surface area contributed by atoms with E-state index >= 15 is 0 Å². The van der Waals surface area contributed by atoms with Crippen molar-refractivity contribution in [3.05, 3.63) is 11.4 Å². The maximum Gasteiger partial charge on any atom is 0.0993 e. The van der Waals surface area contributed by atoms with Crippen molar-refractivity contribution in [1.29, 1.82) is 0 Å². The molecule has 0 saturated heterocycles. The van der Waals surface area contributed by atoms with Crippen molar-refractivity contribution in [1.82, 2.24) is 20.3 Å². The summed E-state index contributed by atoms with van der Waals surface area (Å²) >= 11 is 0. The number of nitrogens with zero attached hydrogens (tertiary/aromatic N) is 3. The molecule has 2 rings (SSSR count). The van der Waals surface area contributed by atoms with Crippen LogP contribution in [0.15, 0.2) is 0 Å². The molecule has 1 heterocycles. The molecule has 4 nitrogen and oxygen atoms in total. The zero-order chi connectivity index (χ0) is 9.26. The first kappa shape index (κ1) is 8.69. The SMILES string of the molecule is CNCc1nnn(CC2CC2)c1C. The molecule has 1 saturated carbocycles. The summed E-state index contributed by atoms with van der Waals surface area (Å²) in [6.45, 7) is 3.97. The summed E-state index contributed by atoms with van der Waals surface area (Å²) in [4.78, 5) is 0. The maximum absolute atomic E-state index is 4.14. The standard InChI is InChI=1S/C9H16N4/c1-7-9(5-10-2)11-12-13(7)6-8-3-4-8/h8,10H,3-6H2,1-2H3. The Morgan fingerprint density at radius 2 is 2.31 bits per heavy atom. The van der Waals surface area contributed by atoms with Crippen LogP contribution in [0.25, 0.3) is 0 Å². The minimum absolute atomic E-state index is 0.816. The summed E-state index contributed by atoms with van der Waals surface area (Å²) < 4.78 is 2.03. The van der Waals surface area contributed by atoms with E-state index in [9.17, 15) is 0 Å². The molecule has 13 heavy (non-hydrogen) atoms. The molecule has 1 aliphatic rings. The monoisotopic (exact) mass is 180 g/mol. The fourth-order valence-electron chi connectivity index (χ4n) is 1.45. The van der Waals surface area contributed by atoms with Crippen LogP contribution in [0.5, 0.6) is 0 Å². The predicted octanol–water partition coefficient (Wildman–Crippen LogP) is 0.716. The van der Waals surface area contributed by atoms with Crippen LogP contribution in [0.1, 0.15) is 24.2 Å². The molecule has 0 unspecified atom stereocenters. The molecule has 72 valence electrons. The van der Waals surface area contributed by atoms with Gasteiger partial charge in [-0.05, 0) is 32.7 Å². The Labute approximate surface area is 78.3 Å². The Bertz CT molecular complexity index is 288. The Kier molecular flexibility index (Phi) is 2.31. The second kappa shape index (κ2) is 3.46. The molecule has 0 amide bonds. The Hall–Kier alpha value is -0.900. The van der Waals surface area contributed by atoms with Gasteiger partial charge in [-0.2, -0.15) is 0 Å². The third-order valence-corrected chi connectivity index (χ3v) is 2.55. The third kappa shape index (κ3) is 1.88. The first-order valence-corrected chi connectivity index (χ1v) is 4.85. The van der Waals surface area contributed by atoms with E-state index in [4.69, 9.17) is 0 Å². The van der Waals surface area contributed by atoms with E-state index in [1.54, 1.807) is 0 Å². The quantitative estimate of drug-likeness (QED) is 0.742. The van der Waals surface area contributed by atoms with Crippen molar-refractivity contribution >= 4 is 0 Å². The smallest absolute Gasteiger partial charge is 0.0993 e. The summed E-state index contributed by atoms with van der Waals surface area (Å²) in [7, 11) is 1.93. The van der Waals surface area contributed by atoms with E-state index in [1.807, 2.05) is 11.7 Å². The molecule has 1 fully saturated rings. The molecular formula is C9H16N4. The van der Waals surface area contributed by atoms with Crippen LogP contribution in [0.4, 0.5) is 0 Å². The molecule has 0 radical (unpaired) electrons. The van der Waals surface area contributed by atoms with E-state index < -0.39 is 0 Å². The maximum atomic E-state index is 4.14. The number of aromatic nitrogens is 3. The minimum Gasteiger partial charge on any atom is -0.314 e. The van der Waals surface area contributed by atoms with E-state index in [0.29, 0.717) is 0 Å². The van der Waals surface area contributed by atoms with E-state index in [0.717, 1.165) is 24.7 Å². The van der Waals surface area contributed by atoms with Gasteiger partial charge in [0.25, 0.3) is 0 Å². The highest BCUT2D eigenvalue weighted by atomic mass is 15.4. The second-order valence-corrected chi connectivity index (χ2v) is 3.78. The number of nitrogens with one attached hydrogen (secondary N) is 1. The highest BCUT2D eigenvalue weighted by molar-refractivity contribution is 5.07. The molecule has 0 aromatic carbocycles. The van der Waals surface area contributed by atoms with Crippen LogP contribution in [0.3, 0.4) is 0 Å². The molecular weight excluding hydrogens is 164 g/mol. The van der Waals surface area contributed by atoms with E-state index in [1.165, 1.54) is 18.5 Å². The van der Waals surface area contributed by atoms with Crippen LogP contribution in [-0.4, -0.2) is 22.0 Å². The number of hydrogen-bond donors (Lipinski definition) is 1. The first-order chi connectivity index (χ1) is 6.31. The van der Waals surface area contributed by atoms with Crippen LogP contribution in [0.2, 0.25) is 0 Å². The van der Waals surface area contributed by atoms with Gasteiger partial charge in [0, 0.05) is 13.1 Å². The molecule has 1 aromatic rings. The van der Waals surface area contributed by atoms with Crippen LogP contribution in [-0.2, 0) is 13.1 Å². The molecule has 1 N–H and O–H groups in total. The summed E-state index contributed by atoms with van der Waals surface area (Å²) in [5, 5.41) is 11.4. The molecule has 1 aromatic heterocycles. The summed E-state index contributed by atoms with van der Waals surface area (Å²) in [6, 6.07) is 0. The van der Waals surface area contributed by atoms with Gasteiger partial charge in [-0.15, -0.1) is 5.10 Å². The average molecular weight is 180 g/mol. The van der Waals surface area contributed by atoms with Crippen molar-refractivity contribution in [2.45, 2.75) is 32.9 Å². The van der Waals surface area contributed by atoms with Gasteiger partial charge in [-0.3, -0.25) is 0 Å². The number of hydrogen-bond acceptors (Lipinski definition) is 3. The molecule has 0 bridgehead atoms. The molecule has 0 aliphatic heterocycles. The predicted molar refractivity (Wildman–Crippen MR) is 50.2 cm³/mol. The fourth-order valence-corrected chi connectivity index (χ4v) is 1.45. The van der Waals surface area contributed by atoms with E-state index in [2.05, 4.69) is 22.6 Å². The molecule has 4 heteroatoms. The molecule has 1 aliphatic carbocycles. The minimum atomic E-state index is 0.816. The van der Waals surface area contributed by atoms with Gasteiger partial charge in [-0.1, -0.05) is 5.21 Å². The summed E-state index contributed by atoms with van der Waals surface area (Å²) in [5.74, 6) is 0.864.